The summed E-state index contributed by atoms with van der Waals surface area (Å²) in [4.78, 5) is 0. The van der Waals surface area contributed by atoms with Gasteiger partial charge >= 0.3 is 7.12 Å². The summed E-state index contributed by atoms with van der Waals surface area (Å²) in [6, 6.07) is 3.78. The number of hydrogen-bond acceptors (Lipinski definition) is 3. The van der Waals surface area contributed by atoms with Crippen molar-refractivity contribution < 1.29 is 14.8 Å². The molecule has 0 saturated heterocycles. The molecule has 0 aliphatic heterocycles. The molecule has 128 valence electrons. The second-order valence-electron chi connectivity index (χ2n) is 8.14. The van der Waals surface area contributed by atoms with Gasteiger partial charge in [-0.25, -0.2) is 0 Å². The summed E-state index contributed by atoms with van der Waals surface area (Å²) in [5, 5.41) is 19.3. The molecule has 0 amide bonds. The van der Waals surface area contributed by atoms with Crippen LogP contribution < -0.4 is 10.2 Å². The van der Waals surface area contributed by atoms with Crippen LogP contribution in [0.4, 0.5) is 0 Å². The SMILES string of the molecule is CCCCCOc1cc(B(O)O)cc2c1C(C)(C)CCC2(C)C. The maximum absolute atomic E-state index is 9.66. The first-order chi connectivity index (χ1) is 10.7. The summed E-state index contributed by atoms with van der Waals surface area (Å²) >= 11 is 0. The average molecular weight is 318 g/mol. The lowest BCUT2D eigenvalue weighted by Crippen LogP contribution is -2.38. The molecule has 1 aliphatic rings. The molecule has 0 fully saturated rings. The Morgan fingerprint density at radius 3 is 2.30 bits per heavy atom. The second kappa shape index (κ2) is 6.86. The topological polar surface area (TPSA) is 49.7 Å². The number of fused-ring (bicyclic) bond motifs is 1. The molecule has 0 spiro atoms. The third-order valence-electron chi connectivity index (χ3n) is 5.21. The Bertz CT molecular complexity index is 550. The lowest BCUT2D eigenvalue weighted by atomic mass is 9.61. The number of benzene rings is 1. The van der Waals surface area contributed by atoms with Gasteiger partial charge in [-0.2, -0.15) is 0 Å². The molecular weight excluding hydrogens is 287 g/mol. The molecule has 0 heterocycles. The van der Waals surface area contributed by atoms with Crippen LogP contribution in [0.1, 0.15) is 77.8 Å². The second-order valence-corrected chi connectivity index (χ2v) is 8.14. The third kappa shape index (κ3) is 3.92. The van der Waals surface area contributed by atoms with Crippen LogP contribution in [0.3, 0.4) is 0 Å². The van der Waals surface area contributed by atoms with E-state index < -0.39 is 7.12 Å². The largest absolute Gasteiger partial charge is 0.493 e. The van der Waals surface area contributed by atoms with E-state index >= 15 is 0 Å². The van der Waals surface area contributed by atoms with Gasteiger partial charge in [-0.1, -0.05) is 53.5 Å². The van der Waals surface area contributed by atoms with Crippen LogP contribution >= 0.6 is 0 Å². The summed E-state index contributed by atoms with van der Waals surface area (Å²) in [6.45, 7) is 11.8. The molecule has 0 unspecified atom stereocenters. The fraction of sp³-hybridized carbons (Fsp3) is 0.684. The molecule has 1 aliphatic carbocycles. The van der Waals surface area contributed by atoms with Crippen LogP contribution in [0.5, 0.6) is 5.75 Å². The Morgan fingerprint density at radius 2 is 1.70 bits per heavy atom. The Hall–Kier alpha value is -0.995. The first-order valence-corrected chi connectivity index (χ1v) is 8.87. The van der Waals surface area contributed by atoms with Crippen molar-refractivity contribution in [2.24, 2.45) is 0 Å². The van der Waals surface area contributed by atoms with Crippen molar-refractivity contribution >= 4 is 12.6 Å². The first-order valence-electron chi connectivity index (χ1n) is 8.87. The van der Waals surface area contributed by atoms with E-state index in [1.165, 1.54) is 11.1 Å². The first kappa shape index (κ1) is 18.3. The molecule has 0 bridgehead atoms. The van der Waals surface area contributed by atoms with Crippen molar-refractivity contribution in [3.8, 4) is 5.75 Å². The van der Waals surface area contributed by atoms with Crippen molar-refractivity contribution in [2.45, 2.75) is 77.6 Å². The Morgan fingerprint density at radius 1 is 1.04 bits per heavy atom. The minimum Gasteiger partial charge on any atom is -0.493 e. The lowest BCUT2D eigenvalue weighted by molar-refractivity contribution is 0.276. The number of ether oxygens (including phenoxy) is 1. The van der Waals surface area contributed by atoms with Crippen molar-refractivity contribution in [3.05, 3.63) is 23.3 Å². The summed E-state index contributed by atoms with van der Waals surface area (Å²) < 4.78 is 6.10. The van der Waals surface area contributed by atoms with E-state index in [-0.39, 0.29) is 10.8 Å². The van der Waals surface area contributed by atoms with Crippen LogP contribution in [0.25, 0.3) is 0 Å². The molecular formula is C19H31BO3. The predicted molar refractivity (Wildman–Crippen MR) is 96.6 cm³/mol. The zero-order valence-electron chi connectivity index (χ0n) is 15.3. The molecule has 1 aromatic carbocycles. The maximum Gasteiger partial charge on any atom is 0.488 e. The minimum atomic E-state index is -1.46. The minimum absolute atomic E-state index is 0.0251. The molecule has 2 N–H and O–H groups in total. The van der Waals surface area contributed by atoms with Gasteiger partial charge in [-0.15, -0.1) is 0 Å². The quantitative estimate of drug-likeness (QED) is 0.625. The molecule has 0 aromatic heterocycles. The summed E-state index contributed by atoms with van der Waals surface area (Å²) in [5.41, 5.74) is 3.04. The maximum atomic E-state index is 9.66. The van der Waals surface area contributed by atoms with Crippen LogP contribution in [0.2, 0.25) is 0 Å². The normalized spacial score (nSPS) is 18.4. The molecule has 0 saturated carbocycles. The van der Waals surface area contributed by atoms with Crippen LogP contribution in [-0.4, -0.2) is 23.8 Å². The molecule has 3 nitrogen and oxygen atoms in total. The van der Waals surface area contributed by atoms with E-state index in [1.807, 2.05) is 12.1 Å². The van der Waals surface area contributed by atoms with E-state index in [4.69, 9.17) is 4.74 Å². The van der Waals surface area contributed by atoms with E-state index in [2.05, 4.69) is 34.6 Å². The van der Waals surface area contributed by atoms with Gasteiger partial charge < -0.3 is 14.8 Å². The van der Waals surface area contributed by atoms with Gasteiger partial charge in [0.2, 0.25) is 0 Å². The monoisotopic (exact) mass is 318 g/mol. The number of hydrogen-bond donors (Lipinski definition) is 2. The Labute approximate surface area is 141 Å². The lowest BCUT2D eigenvalue weighted by Gasteiger charge is -2.43. The van der Waals surface area contributed by atoms with Crippen molar-refractivity contribution in [1.29, 1.82) is 0 Å². The molecule has 2 rings (SSSR count). The van der Waals surface area contributed by atoms with Gasteiger partial charge in [-0.3, -0.25) is 0 Å². The van der Waals surface area contributed by atoms with Crippen molar-refractivity contribution in [1.82, 2.24) is 0 Å². The summed E-state index contributed by atoms with van der Waals surface area (Å²) in [7, 11) is -1.46. The zero-order valence-corrected chi connectivity index (χ0v) is 15.3. The molecule has 23 heavy (non-hydrogen) atoms. The molecule has 0 radical (unpaired) electrons. The fourth-order valence-corrected chi connectivity index (χ4v) is 3.55. The van der Waals surface area contributed by atoms with Gasteiger partial charge in [0.1, 0.15) is 5.75 Å². The smallest absolute Gasteiger partial charge is 0.488 e. The standard InChI is InChI=1S/C19H31BO3/c1-6-7-8-11-23-16-13-14(20(21)22)12-15-17(16)19(4,5)10-9-18(15,2)3/h12-13,21-22H,6-11H2,1-5H3. The van der Waals surface area contributed by atoms with E-state index in [9.17, 15) is 10.0 Å². The van der Waals surface area contributed by atoms with E-state index in [1.54, 1.807) is 0 Å². The van der Waals surface area contributed by atoms with Gasteiger partial charge in [0.05, 0.1) is 6.61 Å². The van der Waals surface area contributed by atoms with E-state index in [0.717, 1.165) is 37.9 Å². The number of unbranched alkanes of at least 4 members (excludes halogenated alkanes) is 2. The van der Waals surface area contributed by atoms with Crippen LogP contribution in [0, 0.1) is 0 Å². The highest BCUT2D eigenvalue weighted by atomic mass is 16.5. The number of rotatable bonds is 6. The van der Waals surface area contributed by atoms with Crippen molar-refractivity contribution in [3.63, 3.8) is 0 Å². The fourth-order valence-electron chi connectivity index (χ4n) is 3.55. The van der Waals surface area contributed by atoms with Crippen molar-refractivity contribution in [2.75, 3.05) is 6.61 Å². The van der Waals surface area contributed by atoms with Crippen LogP contribution in [-0.2, 0) is 10.8 Å². The van der Waals surface area contributed by atoms with Gasteiger partial charge in [0.15, 0.2) is 0 Å². The average Bonchev–Trinajstić information content (AvgIpc) is 2.47. The highest BCUT2D eigenvalue weighted by Gasteiger charge is 2.40. The summed E-state index contributed by atoms with van der Waals surface area (Å²) in [5.74, 6) is 0.833. The Kier molecular flexibility index (Phi) is 5.47. The van der Waals surface area contributed by atoms with Crippen LogP contribution in [0.15, 0.2) is 12.1 Å². The molecule has 1 aromatic rings. The molecule has 0 atom stereocenters. The highest BCUT2D eigenvalue weighted by molar-refractivity contribution is 6.58. The summed E-state index contributed by atoms with van der Waals surface area (Å²) in [6.07, 6.45) is 5.54. The van der Waals surface area contributed by atoms with Gasteiger partial charge in [0, 0.05) is 5.56 Å². The van der Waals surface area contributed by atoms with Gasteiger partial charge in [-0.05, 0) is 47.2 Å². The van der Waals surface area contributed by atoms with Gasteiger partial charge in [0.25, 0.3) is 0 Å². The zero-order chi connectivity index (χ0) is 17.3. The molecule has 4 heteroatoms. The Balaban J connectivity index is 2.48. The van der Waals surface area contributed by atoms with E-state index in [0.29, 0.717) is 12.1 Å². The predicted octanol–water partition coefficient (Wildman–Crippen LogP) is 3.28. The highest BCUT2D eigenvalue weighted by Crippen LogP contribution is 2.48. The third-order valence-corrected chi connectivity index (χ3v) is 5.21.